The zero-order chi connectivity index (χ0) is 11.5. The van der Waals surface area contributed by atoms with Gasteiger partial charge in [0.05, 0.1) is 5.02 Å². The molecule has 0 aliphatic rings. The summed E-state index contributed by atoms with van der Waals surface area (Å²) in [7, 11) is 0. The van der Waals surface area contributed by atoms with Crippen molar-refractivity contribution in [1.82, 2.24) is 0 Å². The molecule has 0 radical (unpaired) electrons. The molecule has 0 amide bonds. The fourth-order valence-electron chi connectivity index (χ4n) is 1.98. The second-order valence-corrected chi connectivity index (χ2v) is 4.74. The van der Waals surface area contributed by atoms with Crippen LogP contribution < -0.4 is 0 Å². The van der Waals surface area contributed by atoms with E-state index >= 15 is 0 Å². The Morgan fingerprint density at radius 3 is 2.75 bits per heavy atom. The molecule has 0 aliphatic carbocycles. The van der Waals surface area contributed by atoms with Crippen LogP contribution in [-0.2, 0) is 6.42 Å². The maximum atomic E-state index is 6.14. The summed E-state index contributed by atoms with van der Waals surface area (Å²) >= 11 is 6.14. The van der Waals surface area contributed by atoms with Crippen LogP contribution in [0.25, 0.3) is 11.0 Å². The van der Waals surface area contributed by atoms with E-state index in [-0.39, 0.29) is 0 Å². The van der Waals surface area contributed by atoms with Gasteiger partial charge in [0.25, 0.3) is 0 Å². The van der Waals surface area contributed by atoms with Crippen LogP contribution in [0.3, 0.4) is 0 Å². The summed E-state index contributed by atoms with van der Waals surface area (Å²) in [6.45, 7) is 4.26. The van der Waals surface area contributed by atoms with Crippen LogP contribution in [0.2, 0.25) is 5.02 Å². The van der Waals surface area contributed by atoms with E-state index in [1.807, 2.05) is 6.07 Å². The van der Waals surface area contributed by atoms with E-state index in [9.17, 15) is 0 Å². The maximum absolute atomic E-state index is 6.14. The van der Waals surface area contributed by atoms with Crippen LogP contribution in [0.15, 0.2) is 22.6 Å². The van der Waals surface area contributed by atoms with Gasteiger partial charge in [0.1, 0.15) is 5.76 Å². The van der Waals surface area contributed by atoms with Crippen LogP contribution in [0.1, 0.15) is 37.5 Å². The van der Waals surface area contributed by atoms with Crippen LogP contribution >= 0.6 is 11.6 Å². The van der Waals surface area contributed by atoms with E-state index in [1.54, 1.807) is 0 Å². The minimum Gasteiger partial charge on any atom is -0.460 e. The number of furan rings is 1. The third-order valence-electron chi connectivity index (χ3n) is 2.79. The Kier molecular flexibility index (Phi) is 3.55. The van der Waals surface area contributed by atoms with Crippen molar-refractivity contribution in [3.8, 4) is 0 Å². The molecular formula is C14H17ClO. The predicted octanol–water partition coefficient (Wildman–Crippen LogP) is 5.13. The first-order valence-electron chi connectivity index (χ1n) is 5.89. The molecule has 1 heterocycles. The highest BCUT2D eigenvalue weighted by atomic mass is 35.5. The first-order valence-corrected chi connectivity index (χ1v) is 6.27. The van der Waals surface area contributed by atoms with Crippen LogP contribution in [0.4, 0.5) is 0 Å². The zero-order valence-corrected chi connectivity index (χ0v) is 10.6. The highest BCUT2D eigenvalue weighted by molar-refractivity contribution is 6.34. The maximum Gasteiger partial charge on any atom is 0.152 e. The van der Waals surface area contributed by atoms with E-state index in [4.69, 9.17) is 16.0 Å². The van der Waals surface area contributed by atoms with Crippen molar-refractivity contribution in [3.63, 3.8) is 0 Å². The smallest absolute Gasteiger partial charge is 0.152 e. The quantitative estimate of drug-likeness (QED) is 0.671. The summed E-state index contributed by atoms with van der Waals surface area (Å²) in [6, 6.07) is 6.18. The molecule has 1 nitrogen and oxygen atoms in total. The molecule has 0 saturated carbocycles. The van der Waals surface area contributed by atoms with E-state index in [1.165, 1.54) is 24.8 Å². The number of unbranched alkanes of at least 4 members (excludes halogenated alkanes) is 2. The lowest BCUT2D eigenvalue weighted by Crippen LogP contribution is -1.80. The summed E-state index contributed by atoms with van der Waals surface area (Å²) in [5, 5.41) is 1.84. The van der Waals surface area contributed by atoms with E-state index < -0.39 is 0 Å². The second-order valence-electron chi connectivity index (χ2n) is 4.33. The molecule has 0 unspecified atom stereocenters. The van der Waals surface area contributed by atoms with Gasteiger partial charge in [-0.1, -0.05) is 31.4 Å². The summed E-state index contributed by atoms with van der Waals surface area (Å²) < 4.78 is 5.77. The van der Waals surface area contributed by atoms with Crippen molar-refractivity contribution in [2.45, 2.75) is 39.5 Å². The summed E-state index contributed by atoms with van der Waals surface area (Å²) in [6.07, 6.45) is 4.69. The van der Waals surface area contributed by atoms with Crippen molar-refractivity contribution in [2.24, 2.45) is 0 Å². The molecule has 2 aromatic rings. The number of hydrogen-bond donors (Lipinski definition) is 0. The van der Waals surface area contributed by atoms with Crippen molar-refractivity contribution in [3.05, 3.63) is 34.5 Å². The third kappa shape index (κ3) is 2.41. The number of fused-ring (bicyclic) bond motifs is 1. The fraction of sp³-hybridized carbons (Fsp3) is 0.429. The largest absolute Gasteiger partial charge is 0.460 e. The molecule has 2 rings (SSSR count). The molecule has 0 atom stereocenters. The topological polar surface area (TPSA) is 13.1 Å². The van der Waals surface area contributed by atoms with Gasteiger partial charge < -0.3 is 4.42 Å². The molecule has 0 spiro atoms. The average Bonchev–Trinajstić information content (AvgIpc) is 2.61. The summed E-state index contributed by atoms with van der Waals surface area (Å²) in [4.78, 5) is 0. The third-order valence-corrected chi connectivity index (χ3v) is 3.07. The minimum absolute atomic E-state index is 0.719. The molecule has 0 saturated heterocycles. The van der Waals surface area contributed by atoms with E-state index in [0.717, 1.165) is 28.2 Å². The van der Waals surface area contributed by atoms with Gasteiger partial charge in [-0.25, -0.2) is 0 Å². The van der Waals surface area contributed by atoms with E-state index in [0.29, 0.717) is 0 Å². The van der Waals surface area contributed by atoms with Crippen LogP contribution in [0.5, 0.6) is 0 Å². The Morgan fingerprint density at radius 2 is 2.00 bits per heavy atom. The highest BCUT2D eigenvalue weighted by Gasteiger charge is 2.07. The fourth-order valence-corrected chi connectivity index (χ4v) is 2.30. The molecule has 86 valence electrons. The number of hydrogen-bond acceptors (Lipinski definition) is 1. The number of rotatable bonds is 4. The molecule has 1 aromatic heterocycles. The normalized spacial score (nSPS) is 11.2. The van der Waals surface area contributed by atoms with Crippen LogP contribution in [0, 0.1) is 6.92 Å². The van der Waals surface area contributed by atoms with Crippen molar-refractivity contribution < 1.29 is 4.42 Å². The predicted molar refractivity (Wildman–Crippen MR) is 69.2 cm³/mol. The lowest BCUT2D eigenvalue weighted by atomic mass is 10.1. The highest BCUT2D eigenvalue weighted by Crippen LogP contribution is 2.28. The van der Waals surface area contributed by atoms with E-state index in [2.05, 4.69) is 26.0 Å². The first-order chi connectivity index (χ1) is 7.70. The molecule has 16 heavy (non-hydrogen) atoms. The van der Waals surface area contributed by atoms with Crippen LogP contribution in [-0.4, -0.2) is 0 Å². The number of benzene rings is 1. The summed E-state index contributed by atoms with van der Waals surface area (Å²) in [5.74, 6) is 1.05. The Labute approximate surface area is 101 Å². The van der Waals surface area contributed by atoms with Crippen molar-refractivity contribution in [2.75, 3.05) is 0 Å². The van der Waals surface area contributed by atoms with Crippen molar-refractivity contribution in [1.29, 1.82) is 0 Å². The van der Waals surface area contributed by atoms with Gasteiger partial charge in [-0.15, -0.1) is 0 Å². The molecule has 0 N–H and O–H groups in total. The Hall–Kier alpha value is -0.950. The number of halogens is 1. The lowest BCUT2D eigenvalue weighted by Gasteiger charge is -1.95. The molecule has 1 aromatic carbocycles. The summed E-state index contributed by atoms with van der Waals surface area (Å²) in [5.41, 5.74) is 2.01. The van der Waals surface area contributed by atoms with Gasteiger partial charge >= 0.3 is 0 Å². The van der Waals surface area contributed by atoms with Gasteiger partial charge in [0, 0.05) is 11.8 Å². The Bertz CT molecular complexity index is 485. The van der Waals surface area contributed by atoms with Gasteiger partial charge in [-0.3, -0.25) is 0 Å². The lowest BCUT2D eigenvalue weighted by molar-refractivity contribution is 0.531. The van der Waals surface area contributed by atoms with Gasteiger partial charge in [0.2, 0.25) is 0 Å². The minimum atomic E-state index is 0.719. The van der Waals surface area contributed by atoms with Gasteiger partial charge in [-0.2, -0.15) is 0 Å². The Balaban J connectivity index is 2.26. The SMILES string of the molecule is CCCCCc1cc2cc(C)cc(Cl)c2o1. The standard InChI is InChI=1S/C14H17ClO/c1-3-4-5-6-12-9-11-7-10(2)8-13(15)14(11)16-12/h7-9H,3-6H2,1-2H3. The molecular weight excluding hydrogens is 220 g/mol. The molecule has 0 fully saturated rings. The van der Waals surface area contributed by atoms with Crippen molar-refractivity contribution >= 4 is 22.6 Å². The first kappa shape index (κ1) is 11.5. The Morgan fingerprint density at radius 1 is 1.19 bits per heavy atom. The molecule has 0 aliphatic heterocycles. The van der Waals surface area contributed by atoms with Gasteiger partial charge in [-0.05, 0) is 37.1 Å². The molecule has 2 heteroatoms. The zero-order valence-electron chi connectivity index (χ0n) is 9.85. The number of aryl methyl sites for hydroxylation is 2. The average molecular weight is 237 g/mol. The molecule has 0 bridgehead atoms. The second kappa shape index (κ2) is 4.92. The monoisotopic (exact) mass is 236 g/mol. The van der Waals surface area contributed by atoms with Gasteiger partial charge in [0.15, 0.2) is 5.58 Å².